The molecule has 1 aliphatic carbocycles. The van der Waals surface area contributed by atoms with Gasteiger partial charge in [0, 0.05) is 45.3 Å². The molecule has 0 spiro atoms. The number of ether oxygens (including phenoxy) is 3. The van der Waals surface area contributed by atoms with Crippen molar-refractivity contribution in [3.63, 3.8) is 0 Å². The third kappa shape index (κ3) is 5.65. The van der Waals surface area contributed by atoms with Gasteiger partial charge in [0.15, 0.2) is 11.5 Å². The van der Waals surface area contributed by atoms with Crippen LogP contribution in [0.5, 0.6) is 11.5 Å². The number of morpholine rings is 1. The van der Waals surface area contributed by atoms with Crippen LogP contribution < -0.4 is 14.8 Å². The lowest BCUT2D eigenvalue weighted by Gasteiger charge is -2.40. The fraction of sp³-hybridized carbons (Fsp3) is 0.696. The van der Waals surface area contributed by atoms with Crippen LogP contribution in [0, 0.1) is 11.8 Å². The minimum Gasteiger partial charge on any atom is -0.493 e. The zero-order valence-corrected chi connectivity index (χ0v) is 18.3. The highest BCUT2D eigenvalue weighted by Crippen LogP contribution is 2.30. The molecule has 1 amide bonds. The normalized spacial score (nSPS) is 25.7. The summed E-state index contributed by atoms with van der Waals surface area (Å²) >= 11 is 0. The summed E-state index contributed by atoms with van der Waals surface area (Å²) < 4.78 is 16.3. The Labute approximate surface area is 179 Å². The molecule has 3 aliphatic rings. The molecule has 7 heteroatoms. The fourth-order valence-corrected chi connectivity index (χ4v) is 4.69. The molecule has 2 aliphatic heterocycles. The van der Waals surface area contributed by atoms with Crippen molar-refractivity contribution >= 4 is 5.91 Å². The second kappa shape index (κ2) is 9.98. The topological polar surface area (TPSA) is 63.3 Å². The van der Waals surface area contributed by atoms with Crippen LogP contribution >= 0.6 is 0 Å². The molecule has 0 unspecified atom stereocenters. The number of likely N-dealkylation sites (tertiary alicyclic amines) is 1. The third-order valence-electron chi connectivity index (χ3n) is 6.38. The summed E-state index contributed by atoms with van der Waals surface area (Å²) in [7, 11) is 3.32. The van der Waals surface area contributed by atoms with Crippen LogP contribution in [0.25, 0.3) is 0 Å². The van der Waals surface area contributed by atoms with Crippen LogP contribution in [0.3, 0.4) is 0 Å². The van der Waals surface area contributed by atoms with Crippen molar-refractivity contribution in [2.45, 2.75) is 31.8 Å². The molecule has 2 saturated heterocycles. The maximum atomic E-state index is 12.9. The quantitative estimate of drug-likeness (QED) is 0.695. The van der Waals surface area contributed by atoms with Crippen LogP contribution in [0.1, 0.15) is 24.8 Å². The van der Waals surface area contributed by atoms with E-state index in [0.717, 1.165) is 83.2 Å². The summed E-state index contributed by atoms with van der Waals surface area (Å²) in [4.78, 5) is 17.8. The van der Waals surface area contributed by atoms with Gasteiger partial charge >= 0.3 is 0 Å². The van der Waals surface area contributed by atoms with Gasteiger partial charge in [0.2, 0.25) is 5.91 Å². The van der Waals surface area contributed by atoms with Gasteiger partial charge in [-0.1, -0.05) is 6.07 Å². The molecule has 1 aromatic rings. The molecule has 3 fully saturated rings. The van der Waals surface area contributed by atoms with Crippen molar-refractivity contribution < 1.29 is 19.0 Å². The number of nitrogens with one attached hydrogen (secondary N) is 1. The number of benzene rings is 1. The Balaban J connectivity index is 1.43. The van der Waals surface area contributed by atoms with Crippen LogP contribution in [-0.4, -0.2) is 81.9 Å². The first-order chi connectivity index (χ1) is 14.6. The molecule has 30 heavy (non-hydrogen) atoms. The number of amides is 1. The van der Waals surface area contributed by atoms with Crippen LogP contribution in [0.2, 0.25) is 0 Å². The lowest BCUT2D eigenvalue weighted by molar-refractivity contribution is -0.128. The fourth-order valence-electron chi connectivity index (χ4n) is 4.69. The number of hydrogen-bond acceptors (Lipinski definition) is 6. The summed E-state index contributed by atoms with van der Waals surface area (Å²) in [5.74, 6) is 2.28. The third-order valence-corrected chi connectivity index (χ3v) is 6.38. The summed E-state index contributed by atoms with van der Waals surface area (Å²) in [6.07, 6.45) is 3.23. The minimum atomic E-state index is 0.0607. The minimum absolute atomic E-state index is 0.0607. The van der Waals surface area contributed by atoms with Gasteiger partial charge in [0.05, 0.1) is 33.4 Å². The zero-order chi connectivity index (χ0) is 20.9. The van der Waals surface area contributed by atoms with Gasteiger partial charge in [-0.3, -0.25) is 14.6 Å². The molecule has 2 atom stereocenters. The van der Waals surface area contributed by atoms with E-state index < -0.39 is 0 Å². The molecule has 7 nitrogen and oxygen atoms in total. The summed E-state index contributed by atoms with van der Waals surface area (Å²) in [6.45, 7) is 7.29. The number of hydrogen-bond donors (Lipinski definition) is 1. The van der Waals surface area contributed by atoms with Crippen molar-refractivity contribution in [1.82, 2.24) is 15.1 Å². The van der Waals surface area contributed by atoms with E-state index in [9.17, 15) is 4.79 Å². The number of piperidine rings is 1. The number of carbonyl (C=O) groups is 1. The number of methoxy groups -OCH3 is 2. The first-order valence-electron chi connectivity index (χ1n) is 11.2. The Kier molecular flexibility index (Phi) is 7.12. The molecule has 1 N–H and O–H groups in total. The van der Waals surface area contributed by atoms with Crippen LogP contribution in [-0.2, 0) is 16.1 Å². The Morgan fingerprint density at radius 2 is 1.87 bits per heavy atom. The Hall–Kier alpha value is -1.83. The summed E-state index contributed by atoms with van der Waals surface area (Å²) in [5.41, 5.74) is 1.18. The second-order valence-electron chi connectivity index (χ2n) is 8.88. The SMILES string of the molecule is COc1ccc(CN2C[C@@H](CN3CCOCC3)C[C@@H](C(=O)NC3CC3)C2)cc1OC. The predicted molar refractivity (Wildman–Crippen MR) is 115 cm³/mol. The van der Waals surface area contributed by atoms with Crippen molar-refractivity contribution in [3.8, 4) is 11.5 Å². The molecule has 166 valence electrons. The largest absolute Gasteiger partial charge is 0.493 e. The highest BCUT2D eigenvalue weighted by molar-refractivity contribution is 5.79. The predicted octanol–water partition coefficient (Wildman–Crippen LogP) is 1.75. The average Bonchev–Trinajstić information content (AvgIpc) is 3.58. The monoisotopic (exact) mass is 417 g/mol. The summed E-state index contributed by atoms with van der Waals surface area (Å²) in [6, 6.07) is 6.51. The molecule has 2 heterocycles. The highest BCUT2D eigenvalue weighted by atomic mass is 16.5. The maximum Gasteiger partial charge on any atom is 0.224 e. The van der Waals surface area contributed by atoms with Crippen LogP contribution in [0.4, 0.5) is 0 Å². The van der Waals surface area contributed by atoms with Gasteiger partial charge in [-0.2, -0.15) is 0 Å². The van der Waals surface area contributed by atoms with Crippen molar-refractivity contribution in [3.05, 3.63) is 23.8 Å². The molecule has 4 rings (SSSR count). The van der Waals surface area contributed by atoms with Gasteiger partial charge in [0.1, 0.15) is 0 Å². The molecular formula is C23H35N3O4. The van der Waals surface area contributed by atoms with E-state index >= 15 is 0 Å². The zero-order valence-electron chi connectivity index (χ0n) is 18.3. The Morgan fingerprint density at radius 1 is 1.10 bits per heavy atom. The van der Waals surface area contributed by atoms with E-state index in [0.29, 0.717) is 12.0 Å². The van der Waals surface area contributed by atoms with E-state index in [2.05, 4.69) is 21.2 Å². The average molecular weight is 418 g/mol. The first-order valence-corrected chi connectivity index (χ1v) is 11.2. The van der Waals surface area contributed by atoms with E-state index in [-0.39, 0.29) is 11.8 Å². The van der Waals surface area contributed by atoms with Gasteiger partial charge in [-0.15, -0.1) is 0 Å². The van der Waals surface area contributed by atoms with Crippen molar-refractivity contribution in [2.75, 3.05) is 60.2 Å². The molecule has 0 aromatic heterocycles. The number of nitrogens with zero attached hydrogens (tertiary/aromatic N) is 2. The van der Waals surface area contributed by atoms with Crippen molar-refractivity contribution in [1.29, 1.82) is 0 Å². The Bertz CT molecular complexity index is 718. The number of rotatable bonds is 8. The van der Waals surface area contributed by atoms with E-state index in [1.165, 1.54) is 5.56 Å². The maximum absolute atomic E-state index is 12.9. The van der Waals surface area contributed by atoms with E-state index in [1.54, 1.807) is 14.2 Å². The summed E-state index contributed by atoms with van der Waals surface area (Å²) in [5, 5.41) is 3.23. The Morgan fingerprint density at radius 3 is 2.57 bits per heavy atom. The van der Waals surface area contributed by atoms with E-state index in [1.807, 2.05) is 12.1 Å². The van der Waals surface area contributed by atoms with Gasteiger partial charge in [-0.05, 0) is 42.9 Å². The first kappa shape index (κ1) is 21.4. The molecule has 1 aromatic carbocycles. The lowest BCUT2D eigenvalue weighted by Crippen LogP contribution is -2.50. The molecular weight excluding hydrogens is 382 g/mol. The molecule has 1 saturated carbocycles. The lowest BCUT2D eigenvalue weighted by atomic mass is 9.87. The van der Waals surface area contributed by atoms with Crippen LogP contribution in [0.15, 0.2) is 18.2 Å². The molecule has 0 radical (unpaired) electrons. The van der Waals surface area contributed by atoms with Gasteiger partial charge in [-0.25, -0.2) is 0 Å². The van der Waals surface area contributed by atoms with E-state index in [4.69, 9.17) is 14.2 Å². The number of carbonyl (C=O) groups excluding carboxylic acids is 1. The van der Waals surface area contributed by atoms with Gasteiger partial charge in [0.25, 0.3) is 0 Å². The van der Waals surface area contributed by atoms with Gasteiger partial charge < -0.3 is 19.5 Å². The smallest absolute Gasteiger partial charge is 0.224 e. The second-order valence-corrected chi connectivity index (χ2v) is 8.88. The molecule has 0 bridgehead atoms. The highest BCUT2D eigenvalue weighted by Gasteiger charge is 2.35. The standard InChI is InChI=1S/C23H35N3O4/c1-28-21-6-3-17(12-22(21)29-2)13-26-15-18(14-25-7-9-30-10-8-25)11-19(16-26)23(27)24-20-4-5-20/h3,6,12,18-20H,4-5,7-11,13-16H2,1-2H3,(H,24,27)/t18-,19-/m1/s1. The van der Waals surface area contributed by atoms with Crippen molar-refractivity contribution in [2.24, 2.45) is 11.8 Å².